The number of rotatable bonds is 4. The summed E-state index contributed by atoms with van der Waals surface area (Å²) in [7, 11) is -0.367. The van der Waals surface area contributed by atoms with E-state index in [1.165, 1.54) is 44.2 Å². The zero-order valence-corrected chi connectivity index (χ0v) is 23.4. The van der Waals surface area contributed by atoms with E-state index in [0.717, 1.165) is 11.0 Å². The van der Waals surface area contributed by atoms with Crippen LogP contribution in [0.15, 0.2) is 121 Å². The molecule has 0 N–H and O–H groups in total. The van der Waals surface area contributed by atoms with E-state index < -0.39 is 0 Å². The molecule has 1 aliphatic heterocycles. The summed E-state index contributed by atoms with van der Waals surface area (Å²) in [5, 5.41) is 2.52. The van der Waals surface area contributed by atoms with Crippen molar-refractivity contribution in [2.75, 3.05) is 0 Å². The Morgan fingerprint density at radius 1 is 0.500 bits per heavy atom. The van der Waals surface area contributed by atoms with Gasteiger partial charge in [0.05, 0.1) is 22.2 Å². The molecule has 6 aromatic rings. The molecule has 5 aromatic carbocycles. The van der Waals surface area contributed by atoms with Gasteiger partial charge in [0.1, 0.15) is 0 Å². The van der Waals surface area contributed by atoms with Crippen molar-refractivity contribution in [1.29, 1.82) is 0 Å². The second-order valence-electron chi connectivity index (χ2n) is 11.7. The first-order valence-corrected chi connectivity index (χ1v) is 14.0. The Labute approximate surface area is 236 Å². The normalized spacial score (nSPS) is 16.1. The summed E-state index contributed by atoms with van der Waals surface area (Å²) in [5.74, 6) is 0. The van der Waals surface area contributed by atoms with Gasteiger partial charge in [0, 0.05) is 16.5 Å². The lowest BCUT2D eigenvalue weighted by molar-refractivity contribution is 0.00578. The van der Waals surface area contributed by atoms with E-state index in [2.05, 4.69) is 154 Å². The highest BCUT2D eigenvalue weighted by Gasteiger charge is 2.51. The molecule has 1 saturated heterocycles. The van der Waals surface area contributed by atoms with Gasteiger partial charge in [-0.3, -0.25) is 0 Å². The van der Waals surface area contributed by atoms with E-state index in [1.54, 1.807) is 0 Å². The zero-order chi connectivity index (χ0) is 27.5. The average Bonchev–Trinajstić information content (AvgIpc) is 3.42. The molecular weight excluding hydrogens is 489 g/mol. The molecule has 0 unspecified atom stereocenters. The third-order valence-corrected chi connectivity index (χ3v) is 8.65. The first kappa shape index (κ1) is 24.9. The minimum atomic E-state index is -0.367. The van der Waals surface area contributed by atoms with Gasteiger partial charge in [-0.25, -0.2) is 0 Å². The summed E-state index contributed by atoms with van der Waals surface area (Å²) in [6.07, 6.45) is 0. The van der Waals surface area contributed by atoms with Crippen LogP contribution in [0.2, 0.25) is 0 Å². The summed E-state index contributed by atoms with van der Waals surface area (Å²) in [6, 6.07) is 43.4. The monoisotopic (exact) mass is 521 g/mol. The van der Waals surface area contributed by atoms with Crippen molar-refractivity contribution in [3.8, 4) is 27.9 Å². The van der Waals surface area contributed by atoms with Crippen LogP contribution in [0.1, 0.15) is 27.7 Å². The first-order chi connectivity index (χ1) is 19.3. The van der Waals surface area contributed by atoms with Crippen molar-refractivity contribution in [3.05, 3.63) is 121 Å². The number of benzene rings is 5. The number of nitrogens with zero attached hydrogens (tertiary/aromatic N) is 1. The molecule has 7 rings (SSSR count). The molecular formula is C36H32BNO2. The maximum Gasteiger partial charge on any atom is 0.494 e. The summed E-state index contributed by atoms with van der Waals surface area (Å²) in [4.78, 5) is 0. The largest absolute Gasteiger partial charge is 0.494 e. The number of hydrogen-bond acceptors (Lipinski definition) is 2. The predicted molar refractivity (Wildman–Crippen MR) is 167 cm³/mol. The number of aromatic nitrogens is 1. The average molecular weight is 521 g/mol. The van der Waals surface area contributed by atoms with Gasteiger partial charge >= 0.3 is 7.12 Å². The minimum Gasteiger partial charge on any atom is -0.399 e. The Morgan fingerprint density at radius 3 is 1.77 bits per heavy atom. The van der Waals surface area contributed by atoms with Crippen LogP contribution in [-0.2, 0) is 9.31 Å². The fourth-order valence-corrected chi connectivity index (χ4v) is 5.71. The Balaban J connectivity index is 1.23. The van der Waals surface area contributed by atoms with Crippen LogP contribution in [0, 0.1) is 0 Å². The topological polar surface area (TPSA) is 23.4 Å². The molecule has 1 aliphatic rings. The molecule has 0 radical (unpaired) electrons. The van der Waals surface area contributed by atoms with Gasteiger partial charge in [0.15, 0.2) is 0 Å². The molecule has 0 atom stereocenters. The fraction of sp³-hybridized carbons (Fsp3) is 0.167. The van der Waals surface area contributed by atoms with E-state index >= 15 is 0 Å². The van der Waals surface area contributed by atoms with Gasteiger partial charge in [0.2, 0.25) is 0 Å². The zero-order valence-electron chi connectivity index (χ0n) is 23.4. The lowest BCUT2D eigenvalue weighted by Crippen LogP contribution is -2.41. The van der Waals surface area contributed by atoms with Crippen LogP contribution >= 0.6 is 0 Å². The van der Waals surface area contributed by atoms with Crippen LogP contribution in [0.25, 0.3) is 49.7 Å². The second-order valence-corrected chi connectivity index (χ2v) is 11.7. The van der Waals surface area contributed by atoms with Gasteiger partial charge < -0.3 is 13.9 Å². The van der Waals surface area contributed by atoms with Gasteiger partial charge in [0.25, 0.3) is 0 Å². The van der Waals surface area contributed by atoms with Crippen LogP contribution in [0.3, 0.4) is 0 Å². The van der Waals surface area contributed by atoms with E-state index in [-0.39, 0.29) is 18.3 Å². The minimum absolute atomic E-state index is 0.357. The lowest BCUT2D eigenvalue weighted by Gasteiger charge is -2.32. The Morgan fingerprint density at radius 2 is 1.07 bits per heavy atom. The predicted octanol–water partition coefficient (Wildman–Crippen LogP) is 8.42. The molecule has 3 nitrogen and oxygen atoms in total. The Bertz CT molecular complexity index is 1840. The summed E-state index contributed by atoms with van der Waals surface area (Å²) in [5.41, 5.74) is 8.67. The summed E-state index contributed by atoms with van der Waals surface area (Å²) < 4.78 is 14.9. The molecule has 1 aromatic heterocycles. The van der Waals surface area contributed by atoms with Crippen molar-refractivity contribution in [2.24, 2.45) is 0 Å². The Kier molecular flexibility index (Phi) is 5.74. The molecule has 0 aliphatic carbocycles. The maximum absolute atomic E-state index is 6.29. The van der Waals surface area contributed by atoms with Crippen LogP contribution in [-0.4, -0.2) is 22.9 Å². The molecule has 0 bridgehead atoms. The van der Waals surface area contributed by atoms with Gasteiger partial charge in [-0.05, 0) is 85.7 Å². The first-order valence-electron chi connectivity index (χ1n) is 14.0. The highest BCUT2D eigenvalue weighted by atomic mass is 16.7. The standard InChI is InChI=1S/C36H32BNO2/c1-35(2)36(3,4)40-37(39-35)29-12-10-11-27(23-29)25-17-19-26(20-18-25)28-21-22-34-32(24-28)31-15-8-9-16-33(31)38(34)30-13-6-5-7-14-30/h5-24H,1-4H3. The quantitative estimate of drug-likeness (QED) is 0.218. The molecule has 1 fully saturated rings. The van der Waals surface area contributed by atoms with Crippen molar-refractivity contribution in [1.82, 2.24) is 4.57 Å². The van der Waals surface area contributed by atoms with Crippen LogP contribution in [0.4, 0.5) is 0 Å². The highest BCUT2D eigenvalue weighted by molar-refractivity contribution is 6.62. The van der Waals surface area contributed by atoms with E-state index in [9.17, 15) is 0 Å². The number of fused-ring (bicyclic) bond motifs is 3. The molecule has 196 valence electrons. The van der Waals surface area contributed by atoms with Crippen LogP contribution < -0.4 is 5.46 Å². The smallest absolute Gasteiger partial charge is 0.399 e. The number of hydrogen-bond donors (Lipinski definition) is 0. The van der Waals surface area contributed by atoms with Crippen molar-refractivity contribution < 1.29 is 9.31 Å². The van der Waals surface area contributed by atoms with Gasteiger partial charge in [-0.2, -0.15) is 0 Å². The summed E-state index contributed by atoms with van der Waals surface area (Å²) >= 11 is 0. The van der Waals surface area contributed by atoms with E-state index in [1.807, 2.05) is 0 Å². The van der Waals surface area contributed by atoms with Crippen molar-refractivity contribution in [2.45, 2.75) is 38.9 Å². The third-order valence-electron chi connectivity index (χ3n) is 8.65. The highest BCUT2D eigenvalue weighted by Crippen LogP contribution is 2.37. The lowest BCUT2D eigenvalue weighted by atomic mass is 9.78. The molecule has 0 spiro atoms. The van der Waals surface area contributed by atoms with E-state index in [0.29, 0.717) is 0 Å². The molecule has 2 heterocycles. The molecule has 4 heteroatoms. The second kappa shape index (κ2) is 9.23. The van der Waals surface area contributed by atoms with E-state index in [4.69, 9.17) is 9.31 Å². The van der Waals surface area contributed by atoms with Gasteiger partial charge in [-0.15, -0.1) is 0 Å². The molecule has 0 saturated carbocycles. The maximum atomic E-state index is 6.29. The van der Waals surface area contributed by atoms with Crippen molar-refractivity contribution >= 4 is 34.4 Å². The molecule has 0 amide bonds. The Hall–Kier alpha value is -4.12. The van der Waals surface area contributed by atoms with Crippen LogP contribution in [0.5, 0.6) is 0 Å². The van der Waals surface area contributed by atoms with Crippen molar-refractivity contribution in [3.63, 3.8) is 0 Å². The number of para-hydroxylation sites is 2. The SMILES string of the molecule is CC1(C)OB(c2cccc(-c3ccc(-c4ccc5c(c4)c4ccccc4n5-c4ccccc4)cc3)c2)OC1(C)C. The summed E-state index contributed by atoms with van der Waals surface area (Å²) in [6.45, 7) is 8.36. The van der Waals surface area contributed by atoms with Gasteiger partial charge in [-0.1, -0.05) is 91.0 Å². The fourth-order valence-electron chi connectivity index (χ4n) is 5.71. The molecule has 40 heavy (non-hydrogen) atoms. The third kappa shape index (κ3) is 4.07.